The van der Waals surface area contributed by atoms with E-state index in [1.54, 1.807) is 18.2 Å². The highest BCUT2D eigenvalue weighted by Gasteiger charge is 2.26. The van der Waals surface area contributed by atoms with Crippen molar-refractivity contribution in [2.24, 2.45) is 0 Å². The summed E-state index contributed by atoms with van der Waals surface area (Å²) in [6, 6.07) is 5.58. The second-order valence-electron chi connectivity index (χ2n) is 4.74. The van der Waals surface area contributed by atoms with Crippen LogP contribution in [0.4, 0.5) is 0 Å². The minimum absolute atomic E-state index is 0.00954. The Labute approximate surface area is 124 Å². The van der Waals surface area contributed by atoms with Gasteiger partial charge < -0.3 is 10.2 Å². The van der Waals surface area contributed by atoms with Gasteiger partial charge in [0, 0.05) is 17.5 Å². The van der Waals surface area contributed by atoms with Gasteiger partial charge in [-0.1, -0.05) is 11.6 Å². The fraction of sp³-hybridized carbons (Fsp3) is 0.500. The summed E-state index contributed by atoms with van der Waals surface area (Å²) in [4.78, 5) is 15.3. The van der Waals surface area contributed by atoms with Crippen LogP contribution in [0.1, 0.15) is 30.1 Å². The standard InChI is InChI=1S/C14H19ClN2OS/c1-2-17(10-5-7-16-8-6-10)14(18)12-9-11(19)3-4-13(12)15/h3-4,9-10,16,19H,2,5-8H2,1H3. The van der Waals surface area contributed by atoms with E-state index >= 15 is 0 Å². The lowest BCUT2D eigenvalue weighted by Crippen LogP contribution is -2.46. The molecule has 1 aliphatic rings. The number of thiol groups is 1. The number of hydrogen-bond acceptors (Lipinski definition) is 3. The van der Waals surface area contributed by atoms with Gasteiger partial charge in [-0.05, 0) is 51.1 Å². The first-order valence-electron chi connectivity index (χ1n) is 6.63. The molecule has 0 spiro atoms. The zero-order valence-corrected chi connectivity index (χ0v) is 12.7. The molecule has 1 N–H and O–H groups in total. The molecule has 104 valence electrons. The molecule has 1 heterocycles. The third-order valence-electron chi connectivity index (χ3n) is 3.53. The summed E-state index contributed by atoms with van der Waals surface area (Å²) in [6.45, 7) is 4.65. The SMILES string of the molecule is CCN(C(=O)c1cc(S)ccc1Cl)C1CCNCC1. The molecule has 0 aromatic heterocycles. The first-order chi connectivity index (χ1) is 9.13. The summed E-state index contributed by atoms with van der Waals surface area (Å²) in [5, 5.41) is 3.81. The van der Waals surface area contributed by atoms with E-state index in [1.165, 1.54) is 0 Å². The van der Waals surface area contributed by atoms with Crippen LogP contribution >= 0.6 is 24.2 Å². The van der Waals surface area contributed by atoms with Crippen molar-refractivity contribution in [2.75, 3.05) is 19.6 Å². The number of hydrogen-bond donors (Lipinski definition) is 2. The molecule has 3 nitrogen and oxygen atoms in total. The second kappa shape index (κ2) is 6.64. The van der Waals surface area contributed by atoms with Crippen molar-refractivity contribution < 1.29 is 4.79 Å². The number of nitrogens with one attached hydrogen (secondary N) is 1. The topological polar surface area (TPSA) is 32.3 Å². The third kappa shape index (κ3) is 3.44. The fourth-order valence-electron chi connectivity index (χ4n) is 2.52. The zero-order valence-electron chi connectivity index (χ0n) is 11.0. The molecule has 0 saturated carbocycles. The molecule has 1 aromatic carbocycles. The van der Waals surface area contributed by atoms with Crippen molar-refractivity contribution in [1.29, 1.82) is 0 Å². The molecule has 1 saturated heterocycles. The molecule has 0 radical (unpaired) electrons. The van der Waals surface area contributed by atoms with Crippen molar-refractivity contribution in [1.82, 2.24) is 10.2 Å². The van der Waals surface area contributed by atoms with Crippen molar-refractivity contribution in [3.8, 4) is 0 Å². The Bertz CT molecular complexity index is 461. The Kier molecular flexibility index (Phi) is 5.13. The molecule has 19 heavy (non-hydrogen) atoms. The summed E-state index contributed by atoms with van der Waals surface area (Å²) in [5.41, 5.74) is 0.551. The molecule has 0 bridgehead atoms. The monoisotopic (exact) mass is 298 g/mol. The number of rotatable bonds is 3. The van der Waals surface area contributed by atoms with Gasteiger partial charge in [-0.3, -0.25) is 4.79 Å². The van der Waals surface area contributed by atoms with Gasteiger partial charge in [-0.2, -0.15) is 0 Å². The Morgan fingerprint density at radius 3 is 2.79 bits per heavy atom. The fourth-order valence-corrected chi connectivity index (χ4v) is 2.92. The van der Waals surface area contributed by atoms with Gasteiger partial charge in [0.25, 0.3) is 5.91 Å². The van der Waals surface area contributed by atoms with Crippen LogP contribution in [0.5, 0.6) is 0 Å². The van der Waals surface area contributed by atoms with E-state index in [-0.39, 0.29) is 5.91 Å². The van der Waals surface area contributed by atoms with Gasteiger partial charge in [0.15, 0.2) is 0 Å². The average molecular weight is 299 g/mol. The summed E-state index contributed by atoms with van der Waals surface area (Å²) in [6.07, 6.45) is 2.00. The smallest absolute Gasteiger partial charge is 0.255 e. The maximum absolute atomic E-state index is 12.6. The maximum atomic E-state index is 12.6. The van der Waals surface area contributed by atoms with E-state index in [1.807, 2.05) is 11.8 Å². The van der Waals surface area contributed by atoms with Crippen molar-refractivity contribution in [2.45, 2.75) is 30.7 Å². The number of halogens is 1. The number of amides is 1. The summed E-state index contributed by atoms with van der Waals surface area (Å²) in [5.74, 6) is 0.00954. The molecule has 0 aliphatic carbocycles. The molecular formula is C14H19ClN2OS. The van der Waals surface area contributed by atoms with E-state index in [4.69, 9.17) is 11.6 Å². The molecule has 0 atom stereocenters. The van der Waals surface area contributed by atoms with Gasteiger partial charge in [0.2, 0.25) is 0 Å². The maximum Gasteiger partial charge on any atom is 0.255 e. The van der Waals surface area contributed by atoms with E-state index < -0.39 is 0 Å². The quantitative estimate of drug-likeness (QED) is 0.841. The lowest BCUT2D eigenvalue weighted by molar-refractivity contribution is 0.0656. The molecular weight excluding hydrogens is 280 g/mol. The van der Waals surface area contributed by atoms with E-state index in [2.05, 4.69) is 17.9 Å². The van der Waals surface area contributed by atoms with E-state index in [0.29, 0.717) is 23.2 Å². The number of piperidine rings is 1. The lowest BCUT2D eigenvalue weighted by Gasteiger charge is -2.34. The van der Waals surface area contributed by atoms with Crippen LogP contribution < -0.4 is 5.32 Å². The van der Waals surface area contributed by atoms with Gasteiger partial charge in [-0.15, -0.1) is 12.6 Å². The molecule has 1 aliphatic heterocycles. The zero-order chi connectivity index (χ0) is 13.8. The number of benzene rings is 1. The molecule has 1 fully saturated rings. The van der Waals surface area contributed by atoms with Crippen LogP contribution in [0.2, 0.25) is 5.02 Å². The Morgan fingerprint density at radius 1 is 1.47 bits per heavy atom. The third-order valence-corrected chi connectivity index (χ3v) is 4.14. The Balaban J connectivity index is 2.22. The van der Waals surface area contributed by atoms with Crippen LogP contribution in [0.15, 0.2) is 23.1 Å². The summed E-state index contributed by atoms with van der Waals surface area (Å²) >= 11 is 10.4. The van der Waals surface area contributed by atoms with Crippen LogP contribution in [-0.2, 0) is 0 Å². The number of carbonyl (C=O) groups is 1. The predicted octanol–water partition coefficient (Wildman–Crippen LogP) is 2.84. The van der Waals surface area contributed by atoms with Crippen molar-refractivity contribution in [3.63, 3.8) is 0 Å². The number of carbonyl (C=O) groups excluding carboxylic acids is 1. The molecule has 0 unspecified atom stereocenters. The van der Waals surface area contributed by atoms with Gasteiger partial charge in [0.05, 0.1) is 10.6 Å². The van der Waals surface area contributed by atoms with E-state index in [0.717, 1.165) is 30.8 Å². The first-order valence-corrected chi connectivity index (χ1v) is 7.46. The highest BCUT2D eigenvalue weighted by atomic mass is 35.5. The highest BCUT2D eigenvalue weighted by Crippen LogP contribution is 2.23. The Hall–Kier alpha value is -0.710. The van der Waals surface area contributed by atoms with Crippen LogP contribution in [0.25, 0.3) is 0 Å². The normalized spacial score (nSPS) is 16.4. The largest absolute Gasteiger partial charge is 0.336 e. The molecule has 1 aromatic rings. The van der Waals surface area contributed by atoms with Crippen LogP contribution in [-0.4, -0.2) is 36.5 Å². The number of nitrogens with zero attached hydrogens (tertiary/aromatic N) is 1. The van der Waals surface area contributed by atoms with Crippen LogP contribution in [0.3, 0.4) is 0 Å². The molecule has 5 heteroatoms. The van der Waals surface area contributed by atoms with Gasteiger partial charge in [-0.25, -0.2) is 0 Å². The summed E-state index contributed by atoms with van der Waals surface area (Å²) < 4.78 is 0. The highest BCUT2D eigenvalue weighted by molar-refractivity contribution is 7.80. The van der Waals surface area contributed by atoms with Crippen molar-refractivity contribution in [3.05, 3.63) is 28.8 Å². The Morgan fingerprint density at radius 2 is 2.16 bits per heavy atom. The molecule has 2 rings (SSSR count). The minimum atomic E-state index is 0.00954. The van der Waals surface area contributed by atoms with Crippen LogP contribution in [0, 0.1) is 0 Å². The van der Waals surface area contributed by atoms with Gasteiger partial charge in [0.1, 0.15) is 0 Å². The molecule has 1 amide bonds. The second-order valence-corrected chi connectivity index (χ2v) is 5.66. The lowest BCUT2D eigenvalue weighted by atomic mass is 10.0. The predicted molar refractivity (Wildman–Crippen MR) is 81.3 cm³/mol. The first kappa shape index (κ1) is 14.7. The van der Waals surface area contributed by atoms with E-state index in [9.17, 15) is 4.79 Å². The summed E-state index contributed by atoms with van der Waals surface area (Å²) in [7, 11) is 0. The van der Waals surface area contributed by atoms with Gasteiger partial charge >= 0.3 is 0 Å². The van der Waals surface area contributed by atoms with Crippen molar-refractivity contribution >= 4 is 30.1 Å². The average Bonchev–Trinajstić information content (AvgIpc) is 2.43. The minimum Gasteiger partial charge on any atom is -0.336 e.